The molecule has 0 saturated heterocycles. The Balaban J connectivity index is 1.82. The zero-order chi connectivity index (χ0) is 19.0. The summed E-state index contributed by atoms with van der Waals surface area (Å²) in [6.07, 6.45) is 1.62. The fourth-order valence-corrected chi connectivity index (χ4v) is 2.98. The summed E-state index contributed by atoms with van der Waals surface area (Å²) < 4.78 is 30.4. The quantitative estimate of drug-likeness (QED) is 0.638. The summed E-state index contributed by atoms with van der Waals surface area (Å²) in [5.74, 6) is 0.393. The Morgan fingerprint density at radius 2 is 1.73 bits per heavy atom. The molecule has 2 amide bonds. The third-order valence-electron chi connectivity index (χ3n) is 3.63. The minimum absolute atomic E-state index is 0.0787. The van der Waals surface area contributed by atoms with Crippen molar-refractivity contribution in [2.24, 2.45) is 0 Å². The van der Waals surface area contributed by atoms with Gasteiger partial charge in [0.05, 0.1) is 12.9 Å². The predicted octanol–water partition coefficient (Wildman–Crippen LogP) is 1.14. The summed E-state index contributed by atoms with van der Waals surface area (Å²) >= 11 is 0. The van der Waals surface area contributed by atoms with Crippen molar-refractivity contribution in [3.8, 4) is 5.88 Å². The number of urea groups is 1. The Hall–Kier alpha value is -2.65. The van der Waals surface area contributed by atoms with Crippen LogP contribution < -0.4 is 20.1 Å². The Bertz CT molecular complexity index is 838. The van der Waals surface area contributed by atoms with Gasteiger partial charge in [-0.05, 0) is 24.2 Å². The van der Waals surface area contributed by atoms with Crippen molar-refractivity contribution in [2.75, 3.05) is 14.2 Å². The third kappa shape index (κ3) is 6.01. The van der Waals surface area contributed by atoms with E-state index in [0.717, 1.165) is 11.1 Å². The highest BCUT2D eigenvalue weighted by Crippen LogP contribution is 2.12. The van der Waals surface area contributed by atoms with Crippen LogP contribution in [0.15, 0.2) is 42.6 Å². The number of carbonyl (C=O) groups is 1. The van der Waals surface area contributed by atoms with Gasteiger partial charge in [0.1, 0.15) is 0 Å². The van der Waals surface area contributed by atoms with Crippen molar-refractivity contribution in [3.63, 3.8) is 0 Å². The SMILES string of the molecule is CNS(=O)(=O)Cc1ccc(CNC(=O)NCc2cccnc2OC)cc1. The van der Waals surface area contributed by atoms with Crippen LogP contribution in [-0.4, -0.2) is 33.6 Å². The summed E-state index contributed by atoms with van der Waals surface area (Å²) in [5, 5.41) is 5.48. The van der Waals surface area contributed by atoms with E-state index in [1.165, 1.54) is 14.2 Å². The van der Waals surface area contributed by atoms with E-state index in [9.17, 15) is 13.2 Å². The lowest BCUT2D eigenvalue weighted by molar-refractivity contribution is 0.240. The lowest BCUT2D eigenvalue weighted by atomic mass is 10.1. The summed E-state index contributed by atoms with van der Waals surface area (Å²) in [5.41, 5.74) is 2.32. The average molecular weight is 378 g/mol. The van der Waals surface area contributed by atoms with Gasteiger partial charge < -0.3 is 15.4 Å². The summed E-state index contributed by atoms with van der Waals surface area (Å²) in [6.45, 7) is 0.624. The second kappa shape index (κ2) is 9.16. The number of benzene rings is 1. The number of nitrogens with one attached hydrogen (secondary N) is 3. The van der Waals surface area contributed by atoms with Gasteiger partial charge in [0, 0.05) is 24.8 Å². The van der Waals surface area contributed by atoms with E-state index >= 15 is 0 Å². The number of hydrogen-bond donors (Lipinski definition) is 3. The molecule has 1 aromatic carbocycles. The molecule has 0 atom stereocenters. The summed E-state index contributed by atoms with van der Waals surface area (Å²) in [4.78, 5) is 16.0. The van der Waals surface area contributed by atoms with Gasteiger partial charge in [-0.1, -0.05) is 30.3 Å². The highest BCUT2D eigenvalue weighted by Gasteiger charge is 2.09. The lowest BCUT2D eigenvalue weighted by Crippen LogP contribution is -2.34. The van der Waals surface area contributed by atoms with Gasteiger partial charge in [-0.2, -0.15) is 0 Å². The van der Waals surface area contributed by atoms with Gasteiger partial charge in [0.25, 0.3) is 0 Å². The highest BCUT2D eigenvalue weighted by atomic mass is 32.2. The Morgan fingerprint density at radius 3 is 2.38 bits per heavy atom. The van der Waals surface area contributed by atoms with E-state index in [1.54, 1.807) is 36.5 Å². The number of sulfonamides is 1. The van der Waals surface area contributed by atoms with E-state index in [4.69, 9.17) is 4.74 Å². The smallest absolute Gasteiger partial charge is 0.315 e. The van der Waals surface area contributed by atoms with Crippen LogP contribution in [0, 0.1) is 0 Å². The van der Waals surface area contributed by atoms with Crippen molar-refractivity contribution in [2.45, 2.75) is 18.8 Å². The molecule has 0 aliphatic rings. The molecule has 2 rings (SSSR count). The topological polar surface area (TPSA) is 109 Å². The predicted molar refractivity (Wildman–Crippen MR) is 98.0 cm³/mol. The first kappa shape index (κ1) is 19.7. The standard InChI is InChI=1S/C17H22N4O4S/c1-18-26(23,24)12-14-7-5-13(6-8-14)10-20-17(22)21-11-15-4-3-9-19-16(15)25-2/h3-9,18H,10-12H2,1-2H3,(H2,20,21,22). The first-order valence-corrected chi connectivity index (χ1v) is 9.57. The van der Waals surface area contributed by atoms with Gasteiger partial charge in [-0.25, -0.2) is 22.9 Å². The molecular formula is C17H22N4O4S. The maximum absolute atomic E-state index is 11.9. The molecule has 2 aromatic rings. The number of methoxy groups -OCH3 is 1. The van der Waals surface area contributed by atoms with Gasteiger partial charge >= 0.3 is 6.03 Å². The molecule has 1 aromatic heterocycles. The van der Waals surface area contributed by atoms with Crippen LogP contribution in [-0.2, 0) is 28.9 Å². The molecule has 0 fully saturated rings. The van der Waals surface area contributed by atoms with Crippen LogP contribution in [0.25, 0.3) is 0 Å². The molecule has 26 heavy (non-hydrogen) atoms. The largest absolute Gasteiger partial charge is 0.481 e. The summed E-state index contributed by atoms with van der Waals surface area (Å²) in [6, 6.07) is 10.3. The molecule has 9 heteroatoms. The summed E-state index contributed by atoms with van der Waals surface area (Å²) in [7, 11) is -0.388. The monoisotopic (exact) mass is 378 g/mol. The molecule has 0 radical (unpaired) electrons. The highest BCUT2D eigenvalue weighted by molar-refractivity contribution is 7.88. The van der Waals surface area contributed by atoms with Crippen LogP contribution in [0.3, 0.4) is 0 Å². The zero-order valence-corrected chi connectivity index (χ0v) is 15.5. The van der Waals surface area contributed by atoms with Crippen LogP contribution in [0.4, 0.5) is 4.79 Å². The molecule has 8 nitrogen and oxygen atoms in total. The minimum Gasteiger partial charge on any atom is -0.481 e. The molecule has 0 unspecified atom stereocenters. The second-order valence-electron chi connectivity index (χ2n) is 5.49. The fourth-order valence-electron chi connectivity index (χ4n) is 2.21. The number of amides is 2. The van der Waals surface area contributed by atoms with Gasteiger partial charge in [0.2, 0.25) is 15.9 Å². The Labute approximate surface area is 153 Å². The van der Waals surface area contributed by atoms with E-state index < -0.39 is 10.0 Å². The van der Waals surface area contributed by atoms with Gasteiger partial charge in [-0.15, -0.1) is 0 Å². The van der Waals surface area contributed by atoms with E-state index in [1.807, 2.05) is 6.07 Å². The van der Waals surface area contributed by atoms with Crippen molar-refractivity contribution < 1.29 is 17.9 Å². The number of hydrogen-bond acceptors (Lipinski definition) is 5. The van der Waals surface area contributed by atoms with Crippen molar-refractivity contribution in [1.82, 2.24) is 20.3 Å². The van der Waals surface area contributed by atoms with Crippen LogP contribution in [0.1, 0.15) is 16.7 Å². The Morgan fingerprint density at radius 1 is 1.08 bits per heavy atom. The molecule has 140 valence electrons. The molecule has 0 saturated carbocycles. The molecule has 0 aliphatic carbocycles. The molecular weight excluding hydrogens is 356 g/mol. The first-order chi connectivity index (χ1) is 12.4. The molecule has 0 bridgehead atoms. The van der Waals surface area contributed by atoms with Crippen LogP contribution >= 0.6 is 0 Å². The molecule has 1 heterocycles. The van der Waals surface area contributed by atoms with Crippen LogP contribution in [0.5, 0.6) is 5.88 Å². The number of aromatic nitrogens is 1. The van der Waals surface area contributed by atoms with E-state index in [2.05, 4.69) is 20.3 Å². The maximum atomic E-state index is 11.9. The molecule has 3 N–H and O–H groups in total. The number of rotatable bonds is 8. The second-order valence-corrected chi connectivity index (χ2v) is 7.41. The number of ether oxygens (including phenoxy) is 1. The zero-order valence-electron chi connectivity index (χ0n) is 14.7. The van der Waals surface area contributed by atoms with Gasteiger partial charge in [0.15, 0.2) is 0 Å². The third-order valence-corrected chi connectivity index (χ3v) is 4.96. The normalized spacial score (nSPS) is 11.0. The fraction of sp³-hybridized carbons (Fsp3) is 0.294. The maximum Gasteiger partial charge on any atom is 0.315 e. The number of carbonyl (C=O) groups excluding carboxylic acids is 1. The Kier molecular flexibility index (Phi) is 6.93. The van der Waals surface area contributed by atoms with E-state index in [0.29, 0.717) is 24.5 Å². The van der Waals surface area contributed by atoms with Crippen molar-refractivity contribution >= 4 is 16.1 Å². The number of pyridine rings is 1. The van der Waals surface area contributed by atoms with E-state index in [-0.39, 0.29) is 11.8 Å². The lowest BCUT2D eigenvalue weighted by Gasteiger charge is -2.10. The minimum atomic E-state index is -3.30. The van der Waals surface area contributed by atoms with Crippen molar-refractivity contribution in [3.05, 3.63) is 59.3 Å². The van der Waals surface area contributed by atoms with Crippen LogP contribution in [0.2, 0.25) is 0 Å². The first-order valence-electron chi connectivity index (χ1n) is 7.92. The number of nitrogens with zero attached hydrogens (tertiary/aromatic N) is 1. The average Bonchev–Trinajstić information content (AvgIpc) is 2.65. The van der Waals surface area contributed by atoms with Gasteiger partial charge in [-0.3, -0.25) is 0 Å². The van der Waals surface area contributed by atoms with Crippen molar-refractivity contribution in [1.29, 1.82) is 0 Å². The molecule has 0 aliphatic heterocycles. The molecule has 0 spiro atoms.